The van der Waals surface area contributed by atoms with Crippen molar-refractivity contribution in [2.75, 3.05) is 7.05 Å². The second-order valence-electron chi connectivity index (χ2n) is 8.22. The molecule has 0 N–H and O–H groups in total. The highest BCUT2D eigenvalue weighted by Crippen LogP contribution is 2.47. The summed E-state index contributed by atoms with van der Waals surface area (Å²) in [5.41, 5.74) is 2.10. The number of nitriles is 1. The lowest BCUT2D eigenvalue weighted by atomic mass is 9.60. The standard InChI is InChI=1S/C25H31ClN2/c1-3-24(28(2)18-20-8-5-4-6-9-20)16-17-25(19-27,21-10-7-11-21)22-12-14-23(26)15-13-22/h4-6,8-9,12-15,21,24H,3,7,10-11,16-18H2,1-2H3. The lowest BCUT2D eigenvalue weighted by Crippen LogP contribution is -2.40. The first-order valence-electron chi connectivity index (χ1n) is 10.5. The van der Waals surface area contributed by atoms with Crippen LogP contribution in [0.3, 0.4) is 0 Å². The van der Waals surface area contributed by atoms with Gasteiger partial charge in [0, 0.05) is 17.6 Å². The van der Waals surface area contributed by atoms with Crippen LogP contribution >= 0.6 is 11.6 Å². The van der Waals surface area contributed by atoms with E-state index in [-0.39, 0.29) is 5.41 Å². The Morgan fingerprint density at radius 2 is 1.82 bits per heavy atom. The van der Waals surface area contributed by atoms with E-state index in [1.165, 1.54) is 12.0 Å². The molecular weight excluding hydrogens is 364 g/mol. The van der Waals surface area contributed by atoms with E-state index in [4.69, 9.17) is 11.6 Å². The van der Waals surface area contributed by atoms with Crippen molar-refractivity contribution in [2.24, 2.45) is 5.92 Å². The van der Waals surface area contributed by atoms with E-state index in [9.17, 15) is 5.26 Å². The van der Waals surface area contributed by atoms with Crippen LogP contribution in [0.1, 0.15) is 56.6 Å². The van der Waals surface area contributed by atoms with E-state index in [0.29, 0.717) is 12.0 Å². The molecular formula is C25H31ClN2. The molecule has 0 heterocycles. The molecule has 148 valence electrons. The van der Waals surface area contributed by atoms with Gasteiger partial charge in [0.05, 0.1) is 11.5 Å². The monoisotopic (exact) mass is 394 g/mol. The second-order valence-corrected chi connectivity index (χ2v) is 8.66. The van der Waals surface area contributed by atoms with Gasteiger partial charge in [0.2, 0.25) is 0 Å². The predicted octanol–water partition coefficient (Wildman–Crippen LogP) is 6.59. The first-order valence-corrected chi connectivity index (χ1v) is 10.9. The zero-order valence-electron chi connectivity index (χ0n) is 17.1. The van der Waals surface area contributed by atoms with Crippen molar-refractivity contribution in [1.82, 2.24) is 4.90 Å². The minimum atomic E-state index is -0.385. The molecule has 3 rings (SSSR count). The van der Waals surface area contributed by atoms with Gasteiger partial charge < -0.3 is 0 Å². The van der Waals surface area contributed by atoms with Gasteiger partial charge in [-0.2, -0.15) is 5.26 Å². The van der Waals surface area contributed by atoms with E-state index in [0.717, 1.165) is 49.2 Å². The molecule has 0 spiro atoms. The van der Waals surface area contributed by atoms with Gasteiger partial charge in [0.25, 0.3) is 0 Å². The second kappa shape index (κ2) is 9.59. The molecule has 28 heavy (non-hydrogen) atoms. The third-order valence-electron chi connectivity index (χ3n) is 6.60. The summed E-state index contributed by atoms with van der Waals surface area (Å²) in [7, 11) is 2.21. The number of rotatable bonds is 9. The summed E-state index contributed by atoms with van der Waals surface area (Å²) in [6.07, 6.45) is 6.60. The zero-order valence-corrected chi connectivity index (χ0v) is 17.8. The van der Waals surface area contributed by atoms with Crippen LogP contribution in [0.5, 0.6) is 0 Å². The molecule has 2 aromatic carbocycles. The molecule has 0 saturated heterocycles. The van der Waals surface area contributed by atoms with E-state index in [2.05, 4.69) is 67.4 Å². The van der Waals surface area contributed by atoms with E-state index < -0.39 is 0 Å². The zero-order chi connectivity index (χ0) is 20.0. The molecule has 0 aliphatic heterocycles. The summed E-state index contributed by atoms with van der Waals surface area (Å²) in [5.74, 6) is 0.468. The molecule has 2 atom stereocenters. The predicted molar refractivity (Wildman–Crippen MR) is 117 cm³/mol. The molecule has 0 radical (unpaired) electrons. The Kier molecular flexibility index (Phi) is 7.16. The van der Waals surface area contributed by atoms with Crippen molar-refractivity contribution in [3.8, 4) is 6.07 Å². The molecule has 0 bridgehead atoms. The van der Waals surface area contributed by atoms with Crippen molar-refractivity contribution >= 4 is 11.6 Å². The van der Waals surface area contributed by atoms with Crippen LogP contribution in [0.15, 0.2) is 54.6 Å². The van der Waals surface area contributed by atoms with Crippen LogP contribution in [0.2, 0.25) is 5.02 Å². The van der Waals surface area contributed by atoms with Crippen LogP contribution in [0.4, 0.5) is 0 Å². The average molecular weight is 395 g/mol. The average Bonchev–Trinajstić information content (AvgIpc) is 2.67. The Labute approximate surface area is 175 Å². The van der Waals surface area contributed by atoms with Crippen molar-refractivity contribution in [2.45, 2.75) is 63.5 Å². The van der Waals surface area contributed by atoms with Crippen molar-refractivity contribution in [3.05, 3.63) is 70.7 Å². The fourth-order valence-electron chi connectivity index (χ4n) is 4.58. The van der Waals surface area contributed by atoms with Gasteiger partial charge in [-0.25, -0.2) is 0 Å². The molecule has 1 saturated carbocycles. The largest absolute Gasteiger partial charge is 0.299 e. The summed E-state index contributed by atoms with van der Waals surface area (Å²) < 4.78 is 0. The van der Waals surface area contributed by atoms with Gasteiger partial charge in [-0.15, -0.1) is 0 Å². The van der Waals surface area contributed by atoms with Crippen LogP contribution in [-0.2, 0) is 12.0 Å². The Morgan fingerprint density at radius 3 is 2.36 bits per heavy atom. The Balaban J connectivity index is 1.74. The fourth-order valence-corrected chi connectivity index (χ4v) is 4.70. The molecule has 3 heteroatoms. The number of hydrogen-bond acceptors (Lipinski definition) is 2. The highest BCUT2D eigenvalue weighted by molar-refractivity contribution is 6.30. The van der Waals surface area contributed by atoms with Gasteiger partial charge in [0.15, 0.2) is 0 Å². The number of halogens is 1. The molecule has 1 aliphatic rings. The molecule has 2 nitrogen and oxygen atoms in total. The van der Waals surface area contributed by atoms with E-state index >= 15 is 0 Å². The quantitative estimate of drug-likeness (QED) is 0.479. The summed E-state index contributed by atoms with van der Waals surface area (Å²) in [6, 6.07) is 21.9. The van der Waals surface area contributed by atoms with Gasteiger partial charge in [-0.05, 0) is 68.3 Å². The van der Waals surface area contributed by atoms with E-state index in [1.54, 1.807) is 0 Å². The van der Waals surface area contributed by atoms with Crippen LogP contribution in [-0.4, -0.2) is 18.0 Å². The normalized spacial score (nSPS) is 17.5. The fraction of sp³-hybridized carbons (Fsp3) is 0.480. The maximum absolute atomic E-state index is 10.3. The topological polar surface area (TPSA) is 27.0 Å². The highest BCUT2D eigenvalue weighted by atomic mass is 35.5. The Bertz CT molecular complexity index is 776. The van der Waals surface area contributed by atoms with Gasteiger partial charge in [-0.1, -0.05) is 67.4 Å². The first kappa shape index (κ1) is 20.9. The first-order chi connectivity index (χ1) is 13.6. The van der Waals surface area contributed by atoms with Crippen molar-refractivity contribution in [3.63, 3.8) is 0 Å². The summed E-state index contributed by atoms with van der Waals surface area (Å²) in [4.78, 5) is 2.44. The Hall–Kier alpha value is -1.82. The molecule has 0 amide bonds. The molecule has 1 fully saturated rings. The molecule has 0 aromatic heterocycles. The van der Waals surface area contributed by atoms with Crippen molar-refractivity contribution in [1.29, 1.82) is 5.26 Å². The lowest BCUT2D eigenvalue weighted by Gasteiger charge is -2.42. The third kappa shape index (κ3) is 4.59. The van der Waals surface area contributed by atoms with Crippen LogP contribution < -0.4 is 0 Å². The van der Waals surface area contributed by atoms with Crippen molar-refractivity contribution < 1.29 is 0 Å². The minimum absolute atomic E-state index is 0.385. The summed E-state index contributed by atoms with van der Waals surface area (Å²) in [6.45, 7) is 3.20. The third-order valence-corrected chi connectivity index (χ3v) is 6.85. The molecule has 2 aromatic rings. The summed E-state index contributed by atoms with van der Waals surface area (Å²) >= 11 is 6.11. The number of hydrogen-bond donors (Lipinski definition) is 0. The maximum atomic E-state index is 10.3. The van der Waals surface area contributed by atoms with Gasteiger partial charge in [-0.3, -0.25) is 4.90 Å². The smallest absolute Gasteiger partial charge is 0.0851 e. The Morgan fingerprint density at radius 1 is 1.14 bits per heavy atom. The van der Waals surface area contributed by atoms with Crippen LogP contribution in [0.25, 0.3) is 0 Å². The minimum Gasteiger partial charge on any atom is -0.299 e. The number of benzene rings is 2. The molecule has 2 unspecified atom stereocenters. The highest BCUT2D eigenvalue weighted by Gasteiger charge is 2.43. The maximum Gasteiger partial charge on any atom is 0.0851 e. The summed E-state index contributed by atoms with van der Waals surface area (Å²) in [5, 5.41) is 11.0. The molecule has 1 aliphatic carbocycles. The number of nitrogens with zero attached hydrogens (tertiary/aromatic N) is 2. The van der Waals surface area contributed by atoms with Gasteiger partial charge in [0.1, 0.15) is 0 Å². The SMILES string of the molecule is CCC(CCC(C#N)(c1ccc(Cl)cc1)C1CCC1)N(C)Cc1ccccc1. The van der Waals surface area contributed by atoms with Crippen LogP contribution in [0, 0.1) is 17.2 Å². The van der Waals surface area contributed by atoms with E-state index in [1.807, 2.05) is 12.1 Å². The lowest BCUT2D eigenvalue weighted by molar-refractivity contribution is 0.161. The van der Waals surface area contributed by atoms with Gasteiger partial charge >= 0.3 is 0 Å².